The number of thiocarbonyl (C=S) groups is 2. The summed E-state index contributed by atoms with van der Waals surface area (Å²) in [5.41, 5.74) is 6.54. The highest BCUT2D eigenvalue weighted by molar-refractivity contribution is 7.80. The Labute approximate surface area is 121 Å². The second kappa shape index (κ2) is 6.39. The van der Waals surface area contributed by atoms with Crippen LogP contribution < -0.4 is 31.0 Å². The number of hydrazine groups is 1. The van der Waals surface area contributed by atoms with E-state index in [4.69, 9.17) is 33.9 Å². The monoisotopic (exact) mass is 298 g/mol. The van der Waals surface area contributed by atoms with Crippen molar-refractivity contribution in [3.05, 3.63) is 23.8 Å². The minimum atomic E-state index is 0.275. The Morgan fingerprint density at radius 1 is 1.16 bits per heavy atom. The topological polar surface area (TPSA) is 66.6 Å². The third-order valence-corrected chi connectivity index (χ3v) is 2.96. The van der Waals surface area contributed by atoms with E-state index in [1.54, 1.807) is 7.05 Å². The van der Waals surface area contributed by atoms with Crippen molar-refractivity contribution >= 4 is 34.7 Å². The molecule has 0 atom stereocenters. The van der Waals surface area contributed by atoms with Crippen molar-refractivity contribution < 1.29 is 9.47 Å². The number of hydrogen-bond donors (Lipinski definition) is 4. The Morgan fingerprint density at radius 3 is 2.68 bits per heavy atom. The molecule has 1 aromatic rings. The molecule has 2 rings (SSSR count). The summed E-state index contributed by atoms with van der Waals surface area (Å²) >= 11 is 9.99. The molecular weight excluding hydrogens is 284 g/mol. The quantitative estimate of drug-likeness (QED) is 0.462. The van der Waals surface area contributed by atoms with Crippen LogP contribution in [0.25, 0.3) is 0 Å². The van der Waals surface area contributed by atoms with Gasteiger partial charge in [0.05, 0.1) is 0 Å². The van der Waals surface area contributed by atoms with Gasteiger partial charge in [-0.3, -0.25) is 10.9 Å². The fourth-order valence-electron chi connectivity index (χ4n) is 1.45. The van der Waals surface area contributed by atoms with E-state index in [2.05, 4.69) is 21.5 Å². The second-order valence-corrected chi connectivity index (χ2v) is 4.52. The Kier molecular flexibility index (Phi) is 4.58. The summed E-state index contributed by atoms with van der Waals surface area (Å²) < 4.78 is 10.5. The molecule has 0 fully saturated rings. The molecule has 0 amide bonds. The highest BCUT2D eigenvalue weighted by atomic mass is 32.1. The van der Waals surface area contributed by atoms with Crippen molar-refractivity contribution in [3.8, 4) is 11.5 Å². The van der Waals surface area contributed by atoms with E-state index in [1.807, 2.05) is 18.2 Å². The lowest BCUT2D eigenvalue weighted by atomic mass is 10.2. The van der Waals surface area contributed by atoms with Gasteiger partial charge >= 0.3 is 0 Å². The molecule has 1 heterocycles. The van der Waals surface area contributed by atoms with E-state index in [-0.39, 0.29) is 6.79 Å². The molecule has 0 bridgehead atoms. The van der Waals surface area contributed by atoms with Gasteiger partial charge in [-0.15, -0.1) is 0 Å². The summed E-state index contributed by atoms with van der Waals surface area (Å²) in [7, 11) is 1.72. The number of hydrogen-bond acceptors (Lipinski definition) is 4. The summed E-state index contributed by atoms with van der Waals surface area (Å²) in [6, 6.07) is 5.75. The number of fused-ring (bicyclic) bond motifs is 1. The lowest BCUT2D eigenvalue weighted by Gasteiger charge is -2.12. The molecule has 19 heavy (non-hydrogen) atoms. The van der Waals surface area contributed by atoms with Crippen molar-refractivity contribution in [2.45, 2.75) is 6.54 Å². The standard InChI is InChI=1S/C11H14N4O2S2/c1-12-10(18)14-15-11(19)13-5-7-2-3-8-9(4-7)17-6-16-8/h2-4H,5-6H2,1H3,(H2,12,14,18)(H2,13,15,19). The van der Waals surface area contributed by atoms with Gasteiger partial charge in [0, 0.05) is 13.6 Å². The molecule has 1 aliphatic heterocycles. The molecule has 1 aromatic carbocycles. The Morgan fingerprint density at radius 2 is 1.89 bits per heavy atom. The number of benzene rings is 1. The van der Waals surface area contributed by atoms with Gasteiger partial charge in [0.2, 0.25) is 6.79 Å². The van der Waals surface area contributed by atoms with Crippen molar-refractivity contribution in [1.29, 1.82) is 0 Å². The minimum absolute atomic E-state index is 0.275. The lowest BCUT2D eigenvalue weighted by Crippen LogP contribution is -2.49. The van der Waals surface area contributed by atoms with E-state index >= 15 is 0 Å². The largest absolute Gasteiger partial charge is 0.454 e. The fraction of sp³-hybridized carbons (Fsp3) is 0.273. The number of rotatable bonds is 2. The van der Waals surface area contributed by atoms with E-state index in [0.29, 0.717) is 16.8 Å². The fourth-order valence-corrected chi connectivity index (χ4v) is 1.63. The van der Waals surface area contributed by atoms with Crippen LogP contribution in [0, 0.1) is 0 Å². The van der Waals surface area contributed by atoms with Crippen LogP contribution in [-0.2, 0) is 6.54 Å². The third-order valence-electron chi connectivity index (χ3n) is 2.41. The summed E-state index contributed by atoms with van der Waals surface area (Å²) in [6.45, 7) is 0.855. The zero-order chi connectivity index (χ0) is 13.7. The maximum atomic E-state index is 5.30. The van der Waals surface area contributed by atoms with Crippen LogP contribution in [0.2, 0.25) is 0 Å². The van der Waals surface area contributed by atoms with Gasteiger partial charge in [-0.25, -0.2) is 0 Å². The van der Waals surface area contributed by atoms with Crippen molar-refractivity contribution in [3.63, 3.8) is 0 Å². The highest BCUT2D eigenvalue weighted by Gasteiger charge is 2.12. The average molecular weight is 298 g/mol. The zero-order valence-corrected chi connectivity index (χ0v) is 11.9. The molecule has 8 heteroatoms. The Balaban J connectivity index is 1.79. The first-order valence-corrected chi connectivity index (χ1v) is 6.41. The predicted molar refractivity (Wildman–Crippen MR) is 79.9 cm³/mol. The van der Waals surface area contributed by atoms with Gasteiger partial charge in [-0.2, -0.15) is 0 Å². The Bertz CT molecular complexity index is 496. The second-order valence-electron chi connectivity index (χ2n) is 3.70. The van der Waals surface area contributed by atoms with Crippen LogP contribution in [0.5, 0.6) is 11.5 Å². The normalized spacial score (nSPS) is 11.6. The molecule has 6 nitrogen and oxygen atoms in total. The van der Waals surface area contributed by atoms with Crippen molar-refractivity contribution in [2.75, 3.05) is 13.8 Å². The molecule has 0 aliphatic carbocycles. The van der Waals surface area contributed by atoms with E-state index in [0.717, 1.165) is 17.1 Å². The van der Waals surface area contributed by atoms with Crippen LogP contribution >= 0.6 is 24.4 Å². The first kappa shape index (κ1) is 13.6. The van der Waals surface area contributed by atoms with Crippen LogP contribution in [0.15, 0.2) is 18.2 Å². The van der Waals surface area contributed by atoms with E-state index < -0.39 is 0 Å². The molecule has 1 aliphatic rings. The summed E-state index contributed by atoms with van der Waals surface area (Å²) in [5.74, 6) is 1.53. The van der Waals surface area contributed by atoms with Crippen LogP contribution in [0.3, 0.4) is 0 Å². The number of nitrogens with one attached hydrogen (secondary N) is 4. The molecule has 0 radical (unpaired) electrons. The highest BCUT2D eigenvalue weighted by Crippen LogP contribution is 2.32. The van der Waals surface area contributed by atoms with E-state index in [9.17, 15) is 0 Å². The van der Waals surface area contributed by atoms with Crippen molar-refractivity contribution in [1.82, 2.24) is 21.5 Å². The van der Waals surface area contributed by atoms with Gasteiger partial charge in [0.25, 0.3) is 0 Å². The third kappa shape index (κ3) is 3.83. The van der Waals surface area contributed by atoms with Crippen molar-refractivity contribution in [2.24, 2.45) is 0 Å². The summed E-state index contributed by atoms with van der Waals surface area (Å²) in [4.78, 5) is 0. The molecule has 0 saturated heterocycles. The number of ether oxygens (including phenoxy) is 2. The first-order chi connectivity index (χ1) is 9.19. The molecule has 0 spiro atoms. The maximum absolute atomic E-state index is 5.30. The van der Waals surface area contributed by atoms with Crippen LogP contribution in [-0.4, -0.2) is 24.1 Å². The van der Waals surface area contributed by atoms with Gasteiger partial charge in [-0.1, -0.05) is 6.07 Å². The molecule has 0 saturated carbocycles. The zero-order valence-electron chi connectivity index (χ0n) is 10.3. The summed E-state index contributed by atoms with van der Waals surface area (Å²) in [6.07, 6.45) is 0. The van der Waals surface area contributed by atoms with Gasteiger partial charge in [0.15, 0.2) is 21.7 Å². The first-order valence-electron chi connectivity index (χ1n) is 5.59. The van der Waals surface area contributed by atoms with Crippen LogP contribution in [0.4, 0.5) is 0 Å². The Hall–Kier alpha value is -1.80. The minimum Gasteiger partial charge on any atom is -0.454 e. The predicted octanol–water partition coefficient (Wildman–Crippen LogP) is 0.388. The molecule has 0 unspecified atom stereocenters. The SMILES string of the molecule is CNC(=S)NNC(=S)NCc1ccc2c(c1)OCO2. The molecule has 102 valence electrons. The van der Waals surface area contributed by atoms with Gasteiger partial charge in [-0.05, 0) is 42.1 Å². The summed E-state index contributed by atoms with van der Waals surface area (Å²) in [5, 5.41) is 6.72. The lowest BCUT2D eigenvalue weighted by molar-refractivity contribution is 0.174. The molecule has 0 aromatic heterocycles. The molecule has 4 N–H and O–H groups in total. The average Bonchev–Trinajstić information content (AvgIpc) is 2.89. The van der Waals surface area contributed by atoms with E-state index in [1.165, 1.54) is 0 Å². The van der Waals surface area contributed by atoms with Gasteiger partial charge in [0.1, 0.15) is 0 Å². The molecular formula is C11H14N4O2S2. The van der Waals surface area contributed by atoms with Crippen LogP contribution in [0.1, 0.15) is 5.56 Å². The maximum Gasteiger partial charge on any atom is 0.231 e. The van der Waals surface area contributed by atoms with Gasteiger partial charge < -0.3 is 20.1 Å². The smallest absolute Gasteiger partial charge is 0.231 e.